The van der Waals surface area contributed by atoms with E-state index in [-0.39, 0.29) is 0 Å². The van der Waals surface area contributed by atoms with E-state index in [1.54, 1.807) is 0 Å². The van der Waals surface area contributed by atoms with E-state index in [9.17, 15) is 0 Å². The molecule has 0 bridgehead atoms. The predicted molar refractivity (Wildman–Crippen MR) is 247 cm³/mol. The minimum absolute atomic E-state index is 1.09. The second-order valence-corrected chi connectivity index (χ2v) is 15.0. The number of para-hydroxylation sites is 2. The molecule has 0 atom stereocenters. The SMILES string of the molecule is c1ccc(-c2cccc(N(c3cccc(-c4ccc5ccc(-c6ccc7ccccc7c6)cc5c4)c3)c3cccc4c3c3ccccc3n4-c3ccccc3)c2)cc1. The van der Waals surface area contributed by atoms with E-state index in [0.717, 1.165) is 22.7 Å². The van der Waals surface area contributed by atoms with Crippen LogP contribution in [0.1, 0.15) is 0 Å². The maximum Gasteiger partial charge on any atom is 0.0562 e. The Balaban J connectivity index is 1.08. The Hall–Kier alpha value is -7.68. The summed E-state index contributed by atoms with van der Waals surface area (Å²) in [6.45, 7) is 0. The Kier molecular flexibility index (Phi) is 8.19. The van der Waals surface area contributed by atoms with Gasteiger partial charge in [0.2, 0.25) is 0 Å². The van der Waals surface area contributed by atoms with Crippen molar-refractivity contribution < 1.29 is 0 Å². The van der Waals surface area contributed by atoms with E-state index < -0.39 is 0 Å². The van der Waals surface area contributed by atoms with Crippen molar-refractivity contribution in [3.63, 3.8) is 0 Å². The predicted octanol–water partition coefficient (Wildman–Crippen LogP) is 15.6. The van der Waals surface area contributed by atoms with Gasteiger partial charge in [-0.15, -0.1) is 0 Å². The molecule has 0 saturated carbocycles. The summed E-state index contributed by atoms with van der Waals surface area (Å²) >= 11 is 0. The van der Waals surface area contributed by atoms with Crippen molar-refractivity contribution in [2.24, 2.45) is 0 Å². The normalized spacial score (nSPS) is 11.4. The quantitative estimate of drug-likeness (QED) is 0.158. The van der Waals surface area contributed by atoms with Gasteiger partial charge in [-0.25, -0.2) is 0 Å². The van der Waals surface area contributed by atoms with Crippen LogP contribution in [0.2, 0.25) is 0 Å². The Morgan fingerprint density at radius 2 is 0.776 bits per heavy atom. The first-order valence-electron chi connectivity index (χ1n) is 19.9. The van der Waals surface area contributed by atoms with Crippen molar-refractivity contribution in [3.05, 3.63) is 231 Å². The van der Waals surface area contributed by atoms with Gasteiger partial charge in [-0.2, -0.15) is 0 Å². The molecule has 0 aliphatic carbocycles. The summed E-state index contributed by atoms with van der Waals surface area (Å²) in [5.74, 6) is 0. The Morgan fingerprint density at radius 1 is 0.293 bits per heavy atom. The molecule has 0 amide bonds. The molecule has 2 nitrogen and oxygen atoms in total. The number of aromatic nitrogens is 1. The van der Waals surface area contributed by atoms with Crippen LogP contribution in [0.3, 0.4) is 0 Å². The Labute approximate surface area is 338 Å². The zero-order chi connectivity index (χ0) is 38.4. The minimum Gasteiger partial charge on any atom is -0.310 e. The van der Waals surface area contributed by atoms with E-state index >= 15 is 0 Å². The lowest BCUT2D eigenvalue weighted by Crippen LogP contribution is -2.10. The van der Waals surface area contributed by atoms with Gasteiger partial charge in [-0.3, -0.25) is 0 Å². The van der Waals surface area contributed by atoms with Gasteiger partial charge in [0.15, 0.2) is 0 Å². The summed E-state index contributed by atoms with van der Waals surface area (Å²) in [6, 6.07) is 83.8. The molecule has 272 valence electrons. The highest BCUT2D eigenvalue weighted by atomic mass is 15.1. The maximum atomic E-state index is 2.44. The van der Waals surface area contributed by atoms with Crippen LogP contribution >= 0.6 is 0 Å². The fourth-order valence-corrected chi connectivity index (χ4v) is 8.72. The third kappa shape index (κ3) is 5.91. The van der Waals surface area contributed by atoms with Crippen molar-refractivity contribution in [2.45, 2.75) is 0 Å². The minimum atomic E-state index is 1.09. The summed E-state index contributed by atoms with van der Waals surface area (Å²) in [6.07, 6.45) is 0. The first-order chi connectivity index (χ1) is 28.7. The fourth-order valence-electron chi connectivity index (χ4n) is 8.72. The van der Waals surface area contributed by atoms with Crippen molar-refractivity contribution in [1.29, 1.82) is 0 Å². The first kappa shape index (κ1) is 33.6. The largest absolute Gasteiger partial charge is 0.310 e. The molecule has 10 aromatic carbocycles. The molecule has 0 spiro atoms. The number of nitrogens with zero attached hydrogens (tertiary/aromatic N) is 2. The monoisotopic (exact) mass is 738 g/mol. The summed E-state index contributed by atoms with van der Waals surface area (Å²) in [4.78, 5) is 2.44. The second-order valence-electron chi connectivity index (χ2n) is 15.0. The third-order valence-corrected chi connectivity index (χ3v) is 11.5. The van der Waals surface area contributed by atoms with Crippen molar-refractivity contribution in [1.82, 2.24) is 4.57 Å². The van der Waals surface area contributed by atoms with Crippen LogP contribution in [-0.2, 0) is 0 Å². The molecular formula is C56H38N2. The van der Waals surface area contributed by atoms with Gasteiger partial charge in [0.1, 0.15) is 0 Å². The Morgan fingerprint density at radius 3 is 1.47 bits per heavy atom. The van der Waals surface area contributed by atoms with E-state index in [1.165, 1.54) is 76.7 Å². The van der Waals surface area contributed by atoms with Crippen LogP contribution in [0.15, 0.2) is 231 Å². The van der Waals surface area contributed by atoms with Gasteiger partial charge < -0.3 is 9.47 Å². The summed E-state index contributed by atoms with van der Waals surface area (Å²) < 4.78 is 2.39. The fraction of sp³-hybridized carbons (Fsp3) is 0. The van der Waals surface area contributed by atoms with Crippen molar-refractivity contribution in [2.75, 3.05) is 4.90 Å². The van der Waals surface area contributed by atoms with Crippen LogP contribution in [0.5, 0.6) is 0 Å². The molecule has 0 N–H and O–H groups in total. The van der Waals surface area contributed by atoms with Crippen LogP contribution in [0.4, 0.5) is 17.1 Å². The zero-order valence-electron chi connectivity index (χ0n) is 31.8. The molecule has 0 saturated heterocycles. The van der Waals surface area contributed by atoms with Gasteiger partial charge >= 0.3 is 0 Å². The maximum absolute atomic E-state index is 2.44. The molecule has 0 unspecified atom stereocenters. The zero-order valence-corrected chi connectivity index (χ0v) is 31.8. The molecule has 11 rings (SSSR count). The highest BCUT2D eigenvalue weighted by Gasteiger charge is 2.21. The summed E-state index contributed by atoms with van der Waals surface area (Å²) in [5, 5.41) is 7.39. The number of hydrogen-bond donors (Lipinski definition) is 0. The summed E-state index contributed by atoms with van der Waals surface area (Å²) in [5.41, 5.74) is 14.0. The van der Waals surface area contributed by atoms with Crippen molar-refractivity contribution in [3.8, 4) is 39.1 Å². The van der Waals surface area contributed by atoms with Gasteiger partial charge in [-0.1, -0.05) is 158 Å². The molecule has 1 heterocycles. The van der Waals surface area contributed by atoms with E-state index in [4.69, 9.17) is 0 Å². The van der Waals surface area contributed by atoms with Crippen LogP contribution in [0.25, 0.3) is 82.4 Å². The second kappa shape index (κ2) is 14.1. The molecule has 11 aromatic rings. The lowest BCUT2D eigenvalue weighted by Gasteiger charge is -2.27. The molecule has 0 radical (unpaired) electrons. The number of hydrogen-bond acceptors (Lipinski definition) is 1. The van der Waals surface area contributed by atoms with Gasteiger partial charge in [0, 0.05) is 27.8 Å². The number of fused-ring (bicyclic) bond motifs is 5. The molecule has 2 heteroatoms. The van der Waals surface area contributed by atoms with Crippen molar-refractivity contribution >= 4 is 60.4 Å². The van der Waals surface area contributed by atoms with E-state index in [0.29, 0.717) is 0 Å². The average molecular weight is 739 g/mol. The molecule has 0 fully saturated rings. The number of anilines is 3. The van der Waals surface area contributed by atoms with Gasteiger partial charge in [0.05, 0.1) is 16.7 Å². The van der Waals surface area contributed by atoms with E-state index in [1.807, 2.05) is 0 Å². The smallest absolute Gasteiger partial charge is 0.0562 e. The number of rotatable bonds is 7. The highest BCUT2D eigenvalue weighted by molar-refractivity contribution is 6.16. The molecule has 0 aliphatic rings. The van der Waals surface area contributed by atoms with Gasteiger partial charge in [0.25, 0.3) is 0 Å². The highest BCUT2D eigenvalue weighted by Crippen LogP contribution is 2.45. The third-order valence-electron chi connectivity index (χ3n) is 11.5. The van der Waals surface area contributed by atoms with Crippen LogP contribution < -0.4 is 4.90 Å². The summed E-state index contributed by atoms with van der Waals surface area (Å²) in [7, 11) is 0. The standard InChI is InChI=1S/C56H38N2/c1-3-14-39(15-4-1)43-18-11-22-50(37-43)57(54-26-13-27-55-56(54)52-24-9-10-25-53(52)58(55)49-20-5-2-6-21-49)51-23-12-19-44(38-51)46-32-29-41-30-33-47(36-48(41)35-46)45-31-28-40-16-7-8-17-42(40)34-45/h1-38H. The molecule has 1 aromatic heterocycles. The molecule has 58 heavy (non-hydrogen) atoms. The first-order valence-corrected chi connectivity index (χ1v) is 19.9. The van der Waals surface area contributed by atoms with E-state index in [2.05, 4.69) is 240 Å². The topological polar surface area (TPSA) is 8.17 Å². The lowest BCUT2D eigenvalue weighted by molar-refractivity contribution is 1.18. The molecular weight excluding hydrogens is 701 g/mol. The Bertz CT molecular complexity index is 3290. The average Bonchev–Trinajstić information content (AvgIpc) is 3.64. The lowest BCUT2D eigenvalue weighted by atomic mass is 9.96. The van der Waals surface area contributed by atoms with Crippen LogP contribution in [0, 0.1) is 0 Å². The number of benzene rings is 10. The van der Waals surface area contributed by atoms with Gasteiger partial charge in [-0.05, 0) is 128 Å². The van der Waals surface area contributed by atoms with Crippen LogP contribution in [-0.4, -0.2) is 4.57 Å². The molecule has 0 aliphatic heterocycles.